The minimum atomic E-state index is -0.851. The Balaban J connectivity index is 1.52. The average Bonchev–Trinajstić information content (AvgIpc) is 2.68. The SMILES string of the molecule is CCC(=O)Nc1ccc(C2CCN(CCc3ccccc3)CC2F)cc1. The van der Waals surface area contributed by atoms with Crippen LogP contribution < -0.4 is 5.32 Å². The quantitative estimate of drug-likeness (QED) is 0.834. The summed E-state index contributed by atoms with van der Waals surface area (Å²) in [7, 11) is 0. The Hall–Kier alpha value is -2.20. The number of carbonyl (C=O) groups is 1. The van der Waals surface area contributed by atoms with Gasteiger partial charge < -0.3 is 10.2 Å². The van der Waals surface area contributed by atoms with Gasteiger partial charge in [0.25, 0.3) is 0 Å². The molecule has 1 heterocycles. The fraction of sp³-hybridized carbons (Fsp3) is 0.409. The number of anilines is 1. The third kappa shape index (κ3) is 4.92. The van der Waals surface area contributed by atoms with Crippen molar-refractivity contribution in [3.8, 4) is 0 Å². The van der Waals surface area contributed by atoms with Gasteiger partial charge in [-0.05, 0) is 42.6 Å². The zero-order valence-electron chi connectivity index (χ0n) is 15.3. The van der Waals surface area contributed by atoms with Crippen molar-refractivity contribution >= 4 is 11.6 Å². The Bertz CT molecular complexity index is 702. The number of hydrogen-bond donors (Lipinski definition) is 1. The molecule has 3 nitrogen and oxygen atoms in total. The van der Waals surface area contributed by atoms with Crippen LogP contribution in [0.3, 0.4) is 0 Å². The number of amides is 1. The molecule has 0 bridgehead atoms. The first-order valence-electron chi connectivity index (χ1n) is 9.46. The lowest BCUT2D eigenvalue weighted by atomic mass is 9.87. The number of likely N-dealkylation sites (tertiary alicyclic amines) is 1. The third-order valence-electron chi connectivity index (χ3n) is 5.13. The van der Waals surface area contributed by atoms with Crippen LogP contribution in [0.25, 0.3) is 0 Å². The van der Waals surface area contributed by atoms with Crippen molar-refractivity contribution in [1.29, 1.82) is 0 Å². The Morgan fingerprint density at radius 2 is 1.88 bits per heavy atom. The highest BCUT2D eigenvalue weighted by atomic mass is 19.1. The summed E-state index contributed by atoms with van der Waals surface area (Å²) in [6.45, 7) is 4.14. The number of hydrogen-bond acceptors (Lipinski definition) is 2. The maximum atomic E-state index is 14.8. The summed E-state index contributed by atoms with van der Waals surface area (Å²) in [4.78, 5) is 13.7. The number of benzene rings is 2. The van der Waals surface area contributed by atoms with Crippen molar-refractivity contribution < 1.29 is 9.18 Å². The molecule has 2 aromatic rings. The van der Waals surface area contributed by atoms with Crippen LogP contribution in [-0.2, 0) is 11.2 Å². The molecule has 138 valence electrons. The molecule has 0 saturated carbocycles. The molecule has 2 aromatic carbocycles. The highest BCUT2D eigenvalue weighted by molar-refractivity contribution is 5.90. The lowest BCUT2D eigenvalue weighted by Gasteiger charge is -2.35. The Morgan fingerprint density at radius 1 is 1.15 bits per heavy atom. The van der Waals surface area contributed by atoms with Gasteiger partial charge in [-0.3, -0.25) is 4.79 Å². The zero-order valence-corrected chi connectivity index (χ0v) is 15.3. The lowest BCUT2D eigenvalue weighted by molar-refractivity contribution is -0.115. The second-order valence-electron chi connectivity index (χ2n) is 6.97. The molecule has 2 unspecified atom stereocenters. The van der Waals surface area contributed by atoms with Gasteiger partial charge in [0.05, 0.1) is 0 Å². The van der Waals surface area contributed by atoms with E-state index in [9.17, 15) is 9.18 Å². The average molecular weight is 354 g/mol. The molecular formula is C22H27FN2O. The van der Waals surface area contributed by atoms with Crippen molar-refractivity contribution in [3.63, 3.8) is 0 Å². The number of halogens is 1. The minimum absolute atomic E-state index is 0.00663. The first-order chi connectivity index (χ1) is 12.7. The standard InChI is InChI=1S/C22H27FN2O/c1-2-22(26)24-19-10-8-18(9-11-19)20-13-15-25(16-21(20)23)14-12-17-6-4-3-5-7-17/h3-11,20-21H,2,12-16H2,1H3,(H,24,26). The second kappa shape index (κ2) is 8.95. The number of rotatable bonds is 6. The van der Waals surface area contributed by atoms with E-state index >= 15 is 0 Å². The van der Waals surface area contributed by atoms with E-state index in [-0.39, 0.29) is 11.8 Å². The van der Waals surface area contributed by atoms with Gasteiger partial charge in [-0.25, -0.2) is 4.39 Å². The molecule has 0 spiro atoms. The Kier molecular flexibility index (Phi) is 6.40. The smallest absolute Gasteiger partial charge is 0.224 e. The van der Waals surface area contributed by atoms with E-state index in [0.717, 1.165) is 37.2 Å². The molecule has 4 heteroatoms. The molecule has 0 aromatic heterocycles. The molecule has 1 saturated heterocycles. The Labute approximate surface area is 155 Å². The summed E-state index contributed by atoms with van der Waals surface area (Å²) in [6, 6.07) is 18.0. The largest absolute Gasteiger partial charge is 0.326 e. The highest BCUT2D eigenvalue weighted by Crippen LogP contribution is 2.31. The van der Waals surface area contributed by atoms with Crippen LogP contribution in [-0.4, -0.2) is 36.6 Å². The molecule has 1 aliphatic heterocycles. The van der Waals surface area contributed by atoms with Crippen LogP contribution in [0.15, 0.2) is 54.6 Å². The summed E-state index contributed by atoms with van der Waals surface area (Å²) in [6.07, 6.45) is 1.40. The predicted molar refractivity (Wildman–Crippen MR) is 104 cm³/mol. The first kappa shape index (κ1) is 18.6. The van der Waals surface area contributed by atoms with Gasteiger partial charge in [0.15, 0.2) is 0 Å². The minimum Gasteiger partial charge on any atom is -0.326 e. The van der Waals surface area contributed by atoms with E-state index < -0.39 is 6.17 Å². The van der Waals surface area contributed by atoms with Crippen molar-refractivity contribution in [2.75, 3.05) is 25.0 Å². The number of nitrogens with zero attached hydrogens (tertiary/aromatic N) is 1. The maximum absolute atomic E-state index is 14.8. The van der Waals surface area contributed by atoms with Crippen LogP contribution in [0.2, 0.25) is 0 Å². The fourth-order valence-electron chi connectivity index (χ4n) is 3.54. The monoisotopic (exact) mass is 354 g/mol. The van der Waals surface area contributed by atoms with E-state index in [4.69, 9.17) is 0 Å². The molecule has 0 aliphatic carbocycles. The fourth-order valence-corrected chi connectivity index (χ4v) is 3.54. The maximum Gasteiger partial charge on any atom is 0.224 e. The summed E-state index contributed by atoms with van der Waals surface area (Å²) in [5, 5.41) is 2.83. The molecule has 1 fully saturated rings. The van der Waals surface area contributed by atoms with Crippen molar-refractivity contribution in [2.24, 2.45) is 0 Å². The highest BCUT2D eigenvalue weighted by Gasteiger charge is 2.30. The van der Waals surface area contributed by atoms with Gasteiger partial charge in [0.2, 0.25) is 5.91 Å². The van der Waals surface area contributed by atoms with E-state index in [2.05, 4.69) is 22.3 Å². The van der Waals surface area contributed by atoms with Crippen molar-refractivity contribution in [1.82, 2.24) is 4.90 Å². The Morgan fingerprint density at radius 3 is 2.54 bits per heavy atom. The number of alkyl halides is 1. The van der Waals surface area contributed by atoms with Crippen LogP contribution in [0.4, 0.5) is 10.1 Å². The summed E-state index contributed by atoms with van der Waals surface area (Å²) < 4.78 is 14.8. The molecule has 1 aliphatic rings. The molecule has 2 atom stereocenters. The van der Waals surface area contributed by atoms with E-state index in [1.807, 2.05) is 49.4 Å². The molecule has 0 radical (unpaired) electrons. The molecular weight excluding hydrogens is 327 g/mol. The van der Waals surface area contributed by atoms with E-state index in [1.165, 1.54) is 5.56 Å². The third-order valence-corrected chi connectivity index (χ3v) is 5.13. The molecule has 1 N–H and O–H groups in total. The van der Waals surface area contributed by atoms with Gasteiger partial charge in [0.1, 0.15) is 6.17 Å². The van der Waals surface area contributed by atoms with Crippen LogP contribution in [0.1, 0.15) is 36.8 Å². The first-order valence-corrected chi connectivity index (χ1v) is 9.46. The van der Waals surface area contributed by atoms with Crippen LogP contribution >= 0.6 is 0 Å². The molecule has 3 rings (SSSR count). The van der Waals surface area contributed by atoms with E-state index in [0.29, 0.717) is 13.0 Å². The van der Waals surface area contributed by atoms with Gasteiger partial charge in [0, 0.05) is 31.1 Å². The molecule has 1 amide bonds. The van der Waals surface area contributed by atoms with Crippen molar-refractivity contribution in [3.05, 3.63) is 65.7 Å². The zero-order chi connectivity index (χ0) is 18.4. The lowest BCUT2D eigenvalue weighted by Crippen LogP contribution is -2.41. The van der Waals surface area contributed by atoms with Gasteiger partial charge >= 0.3 is 0 Å². The number of nitrogens with one attached hydrogen (secondary N) is 1. The second-order valence-corrected chi connectivity index (χ2v) is 6.97. The summed E-state index contributed by atoms with van der Waals surface area (Å²) in [5.41, 5.74) is 3.10. The summed E-state index contributed by atoms with van der Waals surface area (Å²) in [5.74, 6) is -0.0632. The predicted octanol–water partition coefficient (Wildman–Crippen LogP) is 4.41. The summed E-state index contributed by atoms with van der Waals surface area (Å²) >= 11 is 0. The van der Waals surface area contributed by atoms with Gasteiger partial charge in [-0.2, -0.15) is 0 Å². The van der Waals surface area contributed by atoms with Crippen LogP contribution in [0.5, 0.6) is 0 Å². The normalized spacial score (nSPS) is 20.7. The van der Waals surface area contributed by atoms with E-state index in [1.54, 1.807) is 0 Å². The van der Waals surface area contributed by atoms with Crippen LogP contribution in [0, 0.1) is 0 Å². The number of piperidine rings is 1. The molecule has 26 heavy (non-hydrogen) atoms. The van der Waals surface area contributed by atoms with Crippen molar-refractivity contribution in [2.45, 2.75) is 38.3 Å². The number of carbonyl (C=O) groups excluding carboxylic acids is 1. The topological polar surface area (TPSA) is 32.3 Å². The van der Waals surface area contributed by atoms with Gasteiger partial charge in [-0.15, -0.1) is 0 Å². The van der Waals surface area contributed by atoms with Gasteiger partial charge in [-0.1, -0.05) is 49.4 Å².